The Morgan fingerprint density at radius 1 is 0.545 bits per heavy atom. The minimum Gasteiger partial charge on any atom is -1.00 e. The fraction of sp³-hybridized carbons (Fsp3) is 0.368. The normalized spacial score (nSPS) is 19.6. The van der Waals surface area contributed by atoms with E-state index in [1.807, 2.05) is 0 Å². The fourth-order valence-electron chi connectivity index (χ4n) is 7.04. The Morgan fingerprint density at radius 2 is 0.909 bits per heavy atom. The molecule has 0 saturated heterocycles. The molecule has 4 aromatic rings. The number of methoxy groups -OCH3 is 2. The summed E-state index contributed by atoms with van der Waals surface area (Å²) in [5.41, 5.74) is 8.35. The summed E-state index contributed by atoms with van der Waals surface area (Å²) in [4.78, 5) is 0. The van der Waals surface area contributed by atoms with Crippen molar-refractivity contribution in [2.45, 2.75) is 37.8 Å². The van der Waals surface area contributed by atoms with E-state index in [0.29, 0.717) is 12.1 Å². The third-order valence-electron chi connectivity index (χ3n) is 9.97. The smallest absolute Gasteiger partial charge is 0.127 e. The number of fused-ring (bicyclic) bond motifs is 2. The van der Waals surface area contributed by atoms with Crippen molar-refractivity contribution >= 4 is 0 Å². The molecule has 4 aromatic carbocycles. The maximum Gasteiger partial charge on any atom is 0.127 e. The van der Waals surface area contributed by atoms with Gasteiger partial charge >= 0.3 is 0 Å². The van der Waals surface area contributed by atoms with Crippen LogP contribution < -0.4 is 38.2 Å². The Balaban J connectivity index is 0.00000384. The van der Waals surface area contributed by atoms with Gasteiger partial charge in [-0.1, -0.05) is 36.4 Å². The second-order valence-corrected chi connectivity index (χ2v) is 13.5. The molecule has 0 spiro atoms. The number of ether oxygens (including phenoxy) is 3. The minimum atomic E-state index is 0. The first-order valence-electron chi connectivity index (χ1n) is 15.5. The highest BCUT2D eigenvalue weighted by Gasteiger charge is 2.37. The second kappa shape index (κ2) is 13.1. The van der Waals surface area contributed by atoms with Crippen molar-refractivity contribution in [1.29, 1.82) is 0 Å². The summed E-state index contributed by atoms with van der Waals surface area (Å²) < 4.78 is 19.4. The molecule has 0 radical (unpaired) electrons. The van der Waals surface area contributed by atoms with Crippen LogP contribution >= 0.6 is 0 Å². The summed E-state index contributed by atoms with van der Waals surface area (Å²) in [6.45, 7) is 2.28. The van der Waals surface area contributed by atoms with Gasteiger partial charge in [-0.2, -0.15) is 0 Å². The van der Waals surface area contributed by atoms with Gasteiger partial charge in [-0.05, 0) is 70.8 Å². The fourth-order valence-corrected chi connectivity index (χ4v) is 7.04. The maximum atomic E-state index is 6.28. The van der Waals surface area contributed by atoms with E-state index < -0.39 is 0 Å². The molecule has 0 amide bonds. The highest BCUT2D eigenvalue weighted by molar-refractivity contribution is 5.41. The van der Waals surface area contributed by atoms with Crippen LogP contribution in [-0.2, 0) is 25.7 Å². The van der Waals surface area contributed by atoms with Crippen molar-refractivity contribution in [3.8, 4) is 23.0 Å². The number of hydrogen-bond acceptors (Lipinski definition) is 3. The van der Waals surface area contributed by atoms with E-state index in [1.165, 1.54) is 33.4 Å². The number of hydrogen-bond donors (Lipinski definition) is 0. The summed E-state index contributed by atoms with van der Waals surface area (Å²) in [6.07, 6.45) is 4.17. The Labute approximate surface area is 280 Å². The van der Waals surface area contributed by atoms with Crippen LogP contribution in [0.1, 0.15) is 45.5 Å². The molecule has 0 bridgehead atoms. The van der Waals surface area contributed by atoms with Crippen LogP contribution in [0, 0.1) is 0 Å². The topological polar surface area (TPSA) is 27.7 Å². The predicted octanol–water partition coefficient (Wildman–Crippen LogP) is 4.33. The van der Waals surface area contributed by atoms with Crippen LogP contribution in [0.2, 0.25) is 0 Å². The van der Waals surface area contributed by atoms with Gasteiger partial charge in [0.2, 0.25) is 0 Å². The van der Waals surface area contributed by atoms with Gasteiger partial charge in [-0.25, -0.2) is 0 Å². The first kappa shape index (κ1) is 32.3. The Kier molecular flexibility index (Phi) is 9.64. The van der Waals surface area contributed by atoms with E-state index in [2.05, 4.69) is 113 Å². The molecule has 0 saturated carbocycles. The standard InChI is InChI=1S/C38H46N2O3.HI/c1-39(2)21-19-29-11-17-33(41-5)25-35(29)37(39)23-27-7-13-31(14-8-27)43-32-15-9-28(10-16-32)24-38-36-26-34(42-6)18-12-30(36)20-22-40(38,3)4;/h7-18,25-26,37-38H,19-24H2,1-6H3;1H/q+2;/p-1. The second-order valence-electron chi connectivity index (χ2n) is 13.5. The monoisotopic (exact) mass is 705 g/mol. The molecule has 0 aromatic heterocycles. The molecular weight excluding hydrogens is 659 g/mol. The minimum absolute atomic E-state index is 0. The van der Waals surface area contributed by atoms with Crippen LogP contribution in [-0.4, -0.2) is 64.5 Å². The maximum absolute atomic E-state index is 6.28. The molecule has 2 unspecified atom stereocenters. The van der Waals surface area contributed by atoms with Crippen molar-refractivity contribution in [2.75, 3.05) is 55.5 Å². The van der Waals surface area contributed by atoms with Crippen molar-refractivity contribution in [3.05, 3.63) is 118 Å². The quantitative estimate of drug-likeness (QED) is 0.202. The van der Waals surface area contributed by atoms with Gasteiger partial charge in [0.1, 0.15) is 35.1 Å². The molecule has 5 nitrogen and oxygen atoms in total. The Hall–Kier alpha value is -3.07. The van der Waals surface area contributed by atoms with Crippen molar-refractivity contribution in [1.82, 2.24) is 0 Å². The molecule has 6 rings (SSSR count). The van der Waals surface area contributed by atoms with E-state index in [-0.39, 0.29) is 24.0 Å². The van der Waals surface area contributed by atoms with E-state index in [4.69, 9.17) is 14.2 Å². The molecule has 6 heteroatoms. The lowest BCUT2D eigenvalue weighted by atomic mass is 9.87. The van der Waals surface area contributed by atoms with Gasteiger partial charge < -0.3 is 47.2 Å². The molecule has 0 fully saturated rings. The lowest BCUT2D eigenvalue weighted by Crippen LogP contribution is -3.00. The molecule has 2 heterocycles. The highest BCUT2D eigenvalue weighted by Crippen LogP contribution is 2.39. The van der Waals surface area contributed by atoms with Crippen molar-refractivity contribution in [3.63, 3.8) is 0 Å². The van der Waals surface area contributed by atoms with Crippen molar-refractivity contribution < 1.29 is 47.2 Å². The SMILES string of the molecule is COc1ccc2c(c1)C(Cc1ccc(Oc3ccc(CC4c5cc(OC)ccc5CC[N+]4(C)C)cc3)cc1)[N+](C)(C)CC2.[I-]. The lowest BCUT2D eigenvalue weighted by molar-refractivity contribution is -0.923. The Bertz CT molecular complexity index is 1460. The van der Waals surface area contributed by atoms with E-state index in [0.717, 1.165) is 70.7 Å². The third kappa shape index (κ3) is 6.77. The number of likely N-dealkylation sites (N-methyl/N-ethyl adjacent to an activating group) is 2. The molecular formula is C38H46IN2O3+. The zero-order chi connectivity index (χ0) is 30.2. The lowest BCUT2D eigenvalue weighted by Gasteiger charge is -2.43. The number of quaternary nitrogens is 2. The van der Waals surface area contributed by atoms with Gasteiger partial charge in [0.25, 0.3) is 0 Å². The molecule has 232 valence electrons. The van der Waals surface area contributed by atoms with E-state index >= 15 is 0 Å². The van der Waals surface area contributed by atoms with Crippen molar-refractivity contribution in [2.24, 2.45) is 0 Å². The first-order valence-corrected chi connectivity index (χ1v) is 15.5. The molecule has 2 atom stereocenters. The van der Waals surface area contributed by atoms with Crippen LogP contribution in [0.4, 0.5) is 0 Å². The summed E-state index contributed by atoms with van der Waals surface area (Å²) in [7, 11) is 12.9. The Morgan fingerprint density at radius 3 is 1.27 bits per heavy atom. The highest BCUT2D eigenvalue weighted by atomic mass is 127. The van der Waals surface area contributed by atoms with Crippen LogP contribution in [0.15, 0.2) is 84.9 Å². The number of rotatable bonds is 8. The number of nitrogens with zero attached hydrogens (tertiary/aromatic N) is 2. The van der Waals surface area contributed by atoms with Crippen LogP contribution in [0.25, 0.3) is 0 Å². The summed E-state index contributed by atoms with van der Waals surface area (Å²) in [5, 5.41) is 0. The summed E-state index contributed by atoms with van der Waals surface area (Å²) >= 11 is 0. The van der Waals surface area contributed by atoms with Crippen LogP contribution in [0.3, 0.4) is 0 Å². The molecule has 0 aliphatic carbocycles. The van der Waals surface area contributed by atoms with Gasteiger partial charge in [0.15, 0.2) is 0 Å². The van der Waals surface area contributed by atoms with E-state index in [1.54, 1.807) is 14.2 Å². The average Bonchev–Trinajstić information content (AvgIpc) is 3.01. The number of halogens is 1. The molecule has 44 heavy (non-hydrogen) atoms. The van der Waals surface area contributed by atoms with Gasteiger partial charge in [0, 0.05) is 36.8 Å². The average molecular weight is 706 g/mol. The first-order chi connectivity index (χ1) is 20.6. The third-order valence-corrected chi connectivity index (χ3v) is 9.97. The van der Waals surface area contributed by atoms with Crippen LogP contribution in [0.5, 0.6) is 23.0 Å². The largest absolute Gasteiger partial charge is 1.00 e. The predicted molar refractivity (Wildman–Crippen MR) is 173 cm³/mol. The van der Waals surface area contributed by atoms with Gasteiger partial charge in [-0.15, -0.1) is 0 Å². The zero-order valence-corrected chi connectivity index (χ0v) is 29.1. The van der Waals surface area contributed by atoms with E-state index in [9.17, 15) is 0 Å². The van der Waals surface area contributed by atoms with Gasteiger partial charge in [0.05, 0.1) is 55.5 Å². The number of benzene rings is 4. The van der Waals surface area contributed by atoms with Gasteiger partial charge in [-0.3, -0.25) is 0 Å². The zero-order valence-electron chi connectivity index (χ0n) is 27.0. The summed E-state index contributed by atoms with van der Waals surface area (Å²) in [6, 6.07) is 31.2. The molecule has 2 aliphatic heterocycles. The molecule has 2 aliphatic rings. The summed E-state index contributed by atoms with van der Waals surface area (Å²) in [5.74, 6) is 3.60. The molecule has 0 N–H and O–H groups in total.